The first-order valence-corrected chi connectivity index (χ1v) is 9.08. The van der Waals surface area contributed by atoms with E-state index >= 15 is 0 Å². The molecule has 0 aliphatic heterocycles. The van der Waals surface area contributed by atoms with Crippen molar-refractivity contribution in [3.63, 3.8) is 0 Å². The van der Waals surface area contributed by atoms with E-state index in [1.807, 2.05) is 27.7 Å². The molecule has 0 saturated heterocycles. The molecular formula is C21H26N4O3. The van der Waals surface area contributed by atoms with Gasteiger partial charge in [0.15, 0.2) is 5.82 Å². The maximum atomic E-state index is 11.9. The van der Waals surface area contributed by atoms with Crippen LogP contribution in [0.1, 0.15) is 39.7 Å². The predicted octanol–water partition coefficient (Wildman–Crippen LogP) is 3.55. The van der Waals surface area contributed by atoms with Gasteiger partial charge in [0.25, 0.3) is 0 Å². The number of terminal acetylenes is 1. The summed E-state index contributed by atoms with van der Waals surface area (Å²) in [5, 5.41) is 16.1. The summed E-state index contributed by atoms with van der Waals surface area (Å²) in [4.78, 5) is 20.6. The third-order valence-electron chi connectivity index (χ3n) is 3.80. The van der Waals surface area contributed by atoms with Crippen LogP contribution < -0.4 is 10.6 Å². The van der Waals surface area contributed by atoms with Crippen molar-refractivity contribution < 1.29 is 14.6 Å². The zero-order valence-corrected chi connectivity index (χ0v) is 16.6. The molecule has 28 heavy (non-hydrogen) atoms. The monoisotopic (exact) mass is 382 g/mol. The molecular weight excluding hydrogens is 356 g/mol. The van der Waals surface area contributed by atoms with E-state index in [0.29, 0.717) is 29.3 Å². The van der Waals surface area contributed by atoms with Gasteiger partial charge in [-0.25, -0.2) is 14.8 Å². The molecule has 1 aromatic heterocycles. The first-order chi connectivity index (χ1) is 13.2. The zero-order valence-electron chi connectivity index (χ0n) is 16.6. The Morgan fingerprint density at radius 2 is 2.11 bits per heavy atom. The van der Waals surface area contributed by atoms with Gasteiger partial charge in [-0.15, -0.1) is 6.42 Å². The van der Waals surface area contributed by atoms with Crippen LogP contribution in [0.5, 0.6) is 5.75 Å². The first kappa shape index (κ1) is 21.0. The maximum absolute atomic E-state index is 11.9. The highest BCUT2D eigenvalue weighted by atomic mass is 16.6. The maximum Gasteiger partial charge on any atom is 0.407 e. The van der Waals surface area contributed by atoms with Crippen molar-refractivity contribution in [3.05, 3.63) is 36.0 Å². The second-order valence-electron chi connectivity index (χ2n) is 7.27. The van der Waals surface area contributed by atoms with E-state index in [-0.39, 0.29) is 11.8 Å². The lowest BCUT2D eigenvalue weighted by Gasteiger charge is -2.23. The van der Waals surface area contributed by atoms with Crippen LogP contribution >= 0.6 is 0 Å². The Hall–Kier alpha value is -3.27. The van der Waals surface area contributed by atoms with Gasteiger partial charge >= 0.3 is 6.09 Å². The Morgan fingerprint density at radius 3 is 2.75 bits per heavy atom. The Kier molecular flexibility index (Phi) is 6.83. The van der Waals surface area contributed by atoms with E-state index < -0.39 is 11.7 Å². The molecule has 0 bridgehead atoms. The summed E-state index contributed by atoms with van der Waals surface area (Å²) in [7, 11) is 0. The summed E-state index contributed by atoms with van der Waals surface area (Å²) in [5.74, 6) is 3.50. The van der Waals surface area contributed by atoms with Crippen LogP contribution in [0.25, 0.3) is 11.4 Å². The van der Waals surface area contributed by atoms with E-state index in [1.165, 1.54) is 6.07 Å². The number of hydrogen-bond acceptors (Lipinski definition) is 6. The second-order valence-corrected chi connectivity index (χ2v) is 7.27. The van der Waals surface area contributed by atoms with Crippen LogP contribution in [-0.2, 0) is 4.74 Å². The first-order valence-electron chi connectivity index (χ1n) is 9.08. The highest BCUT2D eigenvalue weighted by Gasteiger charge is 2.19. The molecule has 1 amide bonds. The number of alkyl carbamates (subject to hydrolysis) is 1. The van der Waals surface area contributed by atoms with Crippen LogP contribution in [0.2, 0.25) is 0 Å². The number of phenols is 1. The number of aromatic hydroxyl groups is 1. The molecule has 0 spiro atoms. The summed E-state index contributed by atoms with van der Waals surface area (Å²) in [5.41, 5.74) is 0.534. The molecule has 1 atom stereocenters. The van der Waals surface area contributed by atoms with Crippen molar-refractivity contribution in [3.8, 4) is 29.5 Å². The predicted molar refractivity (Wildman–Crippen MR) is 109 cm³/mol. The molecule has 7 heteroatoms. The Balaban J connectivity index is 2.06. The Bertz CT molecular complexity index is 869. The largest absolute Gasteiger partial charge is 0.507 e. The minimum atomic E-state index is -0.549. The van der Waals surface area contributed by atoms with Crippen LogP contribution in [0.15, 0.2) is 30.5 Å². The second kappa shape index (κ2) is 9.09. The number of aromatic nitrogens is 2. The van der Waals surface area contributed by atoms with E-state index in [0.717, 1.165) is 6.42 Å². The highest BCUT2D eigenvalue weighted by molar-refractivity contribution is 5.68. The van der Waals surface area contributed by atoms with Crippen LogP contribution in [0.4, 0.5) is 10.6 Å². The van der Waals surface area contributed by atoms with E-state index in [9.17, 15) is 9.90 Å². The fraction of sp³-hybridized carbons (Fsp3) is 0.381. The Morgan fingerprint density at radius 1 is 1.36 bits per heavy atom. The van der Waals surface area contributed by atoms with Crippen molar-refractivity contribution in [1.82, 2.24) is 15.3 Å². The third-order valence-corrected chi connectivity index (χ3v) is 3.80. The molecule has 0 radical (unpaired) electrons. The number of nitrogens with one attached hydrogen (secondary N) is 2. The fourth-order valence-electron chi connectivity index (χ4n) is 2.39. The molecule has 0 unspecified atom stereocenters. The number of rotatable bonds is 6. The number of carbonyl (C=O) groups is 1. The lowest BCUT2D eigenvalue weighted by Crippen LogP contribution is -2.42. The van der Waals surface area contributed by atoms with Crippen molar-refractivity contribution in [2.75, 3.05) is 11.9 Å². The topological polar surface area (TPSA) is 96.4 Å². The number of ether oxygens (including phenoxy) is 1. The molecule has 0 saturated carbocycles. The molecule has 3 N–H and O–H groups in total. The van der Waals surface area contributed by atoms with Gasteiger partial charge < -0.3 is 20.5 Å². The zero-order chi connectivity index (χ0) is 20.7. The quantitative estimate of drug-likeness (QED) is 0.661. The molecule has 0 aliphatic rings. The third kappa shape index (κ3) is 6.16. The van der Waals surface area contributed by atoms with Gasteiger partial charge in [-0.05, 0) is 51.5 Å². The SMILES string of the molecule is C#Cc1ccc(O)c(-c2nccc(NC[C@@H](CC)NC(=O)OC(C)(C)C)n2)c1. The number of hydrogen-bond donors (Lipinski definition) is 3. The van der Waals surface area contributed by atoms with Gasteiger partial charge in [-0.2, -0.15) is 0 Å². The summed E-state index contributed by atoms with van der Waals surface area (Å²) in [6.07, 6.45) is 7.27. The lowest BCUT2D eigenvalue weighted by molar-refractivity contribution is 0.0506. The van der Waals surface area contributed by atoms with Gasteiger partial charge in [0.2, 0.25) is 0 Å². The highest BCUT2D eigenvalue weighted by Crippen LogP contribution is 2.27. The van der Waals surface area contributed by atoms with Gasteiger partial charge in [-0.1, -0.05) is 12.8 Å². The number of nitrogens with zero attached hydrogens (tertiary/aromatic N) is 2. The molecule has 148 valence electrons. The number of carbonyl (C=O) groups excluding carboxylic acids is 1. The molecule has 2 rings (SSSR count). The molecule has 0 aliphatic carbocycles. The molecule has 1 heterocycles. The standard InChI is InChI=1S/C21H26N4O3/c1-6-14-8-9-17(26)16(12-14)19-22-11-10-18(25-19)23-13-15(7-2)24-20(27)28-21(3,4)5/h1,8-12,15,26H,7,13H2,2-5H3,(H,24,27)(H,22,23,25)/t15-/m1/s1. The van der Waals surface area contributed by atoms with Crippen molar-refractivity contribution in [2.45, 2.75) is 45.8 Å². The summed E-state index contributed by atoms with van der Waals surface area (Å²) in [6, 6.07) is 6.41. The van der Waals surface area contributed by atoms with Gasteiger partial charge in [0.05, 0.1) is 5.56 Å². The van der Waals surface area contributed by atoms with Crippen LogP contribution in [0, 0.1) is 12.3 Å². The van der Waals surface area contributed by atoms with E-state index in [4.69, 9.17) is 11.2 Å². The van der Waals surface area contributed by atoms with Crippen LogP contribution in [0.3, 0.4) is 0 Å². The van der Waals surface area contributed by atoms with Gasteiger partial charge in [-0.3, -0.25) is 0 Å². The van der Waals surface area contributed by atoms with Gasteiger partial charge in [0, 0.05) is 24.3 Å². The number of amides is 1. The minimum Gasteiger partial charge on any atom is -0.507 e. The van der Waals surface area contributed by atoms with E-state index in [2.05, 4.69) is 26.5 Å². The molecule has 0 fully saturated rings. The minimum absolute atomic E-state index is 0.0502. The van der Waals surface area contributed by atoms with Crippen molar-refractivity contribution in [1.29, 1.82) is 0 Å². The molecule has 1 aromatic carbocycles. The number of anilines is 1. The number of phenolic OH excluding ortho intramolecular Hbond substituents is 1. The van der Waals surface area contributed by atoms with Crippen molar-refractivity contribution in [2.24, 2.45) is 0 Å². The average Bonchev–Trinajstić information content (AvgIpc) is 2.64. The van der Waals surface area contributed by atoms with Gasteiger partial charge in [0.1, 0.15) is 17.2 Å². The molecule has 7 nitrogen and oxygen atoms in total. The molecule has 2 aromatic rings. The fourth-order valence-corrected chi connectivity index (χ4v) is 2.39. The van der Waals surface area contributed by atoms with Crippen LogP contribution in [-0.4, -0.2) is 39.4 Å². The normalized spacial score (nSPS) is 12.0. The van der Waals surface area contributed by atoms with Crippen molar-refractivity contribution >= 4 is 11.9 Å². The summed E-state index contributed by atoms with van der Waals surface area (Å²) >= 11 is 0. The smallest absolute Gasteiger partial charge is 0.407 e. The summed E-state index contributed by atoms with van der Waals surface area (Å²) in [6.45, 7) is 7.89. The summed E-state index contributed by atoms with van der Waals surface area (Å²) < 4.78 is 5.29. The number of benzene rings is 1. The van der Waals surface area contributed by atoms with E-state index in [1.54, 1.807) is 24.4 Å². The average molecular weight is 382 g/mol. The lowest BCUT2D eigenvalue weighted by atomic mass is 10.1. The Labute approximate surface area is 165 Å².